The number of benzene rings is 1. The fourth-order valence-electron chi connectivity index (χ4n) is 4.79. The van der Waals surface area contributed by atoms with Crippen LogP contribution in [0.2, 0.25) is 31.7 Å². The fourth-order valence-corrected chi connectivity index (χ4v) is 10.2. The van der Waals surface area contributed by atoms with E-state index in [0.29, 0.717) is 0 Å². The Balaban J connectivity index is 2.60. The van der Waals surface area contributed by atoms with Crippen LogP contribution in [0.5, 0.6) is 0 Å². The molecular formula is C27H51Si2. The molecule has 0 aromatic heterocycles. The summed E-state index contributed by atoms with van der Waals surface area (Å²) in [6, 6.07) is 8.13. The standard InChI is InChI=1S/C27H51Si2/c1-8-10-12-14-16-18-20-28(5)26-22-25(4)27(23-24(26)3)29(6,7)21-19-17-15-13-11-9-2/h22-23H,8-21H2,1-7H3. The Morgan fingerprint density at radius 1 is 0.690 bits per heavy atom. The maximum absolute atomic E-state index is 2.61. The van der Waals surface area contributed by atoms with Gasteiger partial charge in [-0.3, -0.25) is 0 Å². The molecule has 0 saturated carbocycles. The lowest BCUT2D eigenvalue weighted by Crippen LogP contribution is -2.45. The highest BCUT2D eigenvalue weighted by Gasteiger charge is 2.26. The zero-order valence-electron chi connectivity index (χ0n) is 21.1. The molecule has 0 unspecified atom stereocenters. The Morgan fingerprint density at radius 2 is 1.21 bits per heavy atom. The molecule has 0 aliphatic carbocycles. The van der Waals surface area contributed by atoms with Crippen LogP contribution in [0.4, 0.5) is 0 Å². The zero-order valence-corrected chi connectivity index (χ0v) is 23.1. The molecule has 0 saturated heterocycles. The van der Waals surface area contributed by atoms with Crippen LogP contribution in [0.25, 0.3) is 0 Å². The molecule has 0 atom stereocenters. The summed E-state index contributed by atoms with van der Waals surface area (Å²) in [4.78, 5) is 0. The molecular weight excluding hydrogens is 380 g/mol. The van der Waals surface area contributed by atoms with E-state index >= 15 is 0 Å². The van der Waals surface area contributed by atoms with Gasteiger partial charge in [0.15, 0.2) is 0 Å². The van der Waals surface area contributed by atoms with Crippen LogP contribution in [0.3, 0.4) is 0 Å². The van der Waals surface area contributed by atoms with Crippen LogP contribution in [0.15, 0.2) is 12.1 Å². The summed E-state index contributed by atoms with van der Waals surface area (Å²) < 4.78 is 0. The largest absolute Gasteiger partial charge is 0.0827 e. The second-order valence-corrected chi connectivity index (χ2v) is 17.6. The average Bonchev–Trinajstić information content (AvgIpc) is 2.68. The van der Waals surface area contributed by atoms with E-state index in [9.17, 15) is 0 Å². The fraction of sp³-hybridized carbons (Fsp3) is 0.778. The SMILES string of the molecule is CCCCCCCC[Si](C)c1cc(C)c([Si](C)(C)CCCCCCCC)cc1C. The average molecular weight is 432 g/mol. The third-order valence-electron chi connectivity index (χ3n) is 6.82. The molecule has 0 aliphatic rings. The smallest absolute Gasteiger partial charge is 0.0669 e. The van der Waals surface area contributed by atoms with Crippen LogP contribution in [0, 0.1) is 13.8 Å². The number of hydrogen-bond donors (Lipinski definition) is 0. The van der Waals surface area contributed by atoms with Crippen molar-refractivity contribution in [2.75, 3.05) is 0 Å². The number of unbranched alkanes of at least 4 members (excludes halogenated alkanes) is 10. The molecule has 29 heavy (non-hydrogen) atoms. The molecule has 1 radical (unpaired) electrons. The minimum atomic E-state index is -1.31. The Morgan fingerprint density at radius 3 is 1.79 bits per heavy atom. The number of rotatable bonds is 16. The lowest BCUT2D eigenvalue weighted by molar-refractivity contribution is 0.623. The maximum Gasteiger partial charge on any atom is 0.0827 e. The van der Waals surface area contributed by atoms with Gasteiger partial charge in [0, 0.05) is 0 Å². The van der Waals surface area contributed by atoms with Crippen LogP contribution < -0.4 is 10.4 Å². The van der Waals surface area contributed by atoms with Gasteiger partial charge >= 0.3 is 0 Å². The van der Waals surface area contributed by atoms with Crippen molar-refractivity contribution in [2.24, 2.45) is 0 Å². The number of aryl methyl sites for hydroxylation is 2. The molecule has 1 aromatic rings. The summed E-state index contributed by atoms with van der Waals surface area (Å²) in [5.74, 6) is 0. The molecule has 0 nitrogen and oxygen atoms in total. The molecule has 0 N–H and O–H groups in total. The molecule has 0 amide bonds. The second kappa shape index (κ2) is 14.6. The first kappa shape index (κ1) is 26.7. The van der Waals surface area contributed by atoms with Crippen molar-refractivity contribution in [1.29, 1.82) is 0 Å². The van der Waals surface area contributed by atoms with Gasteiger partial charge in [-0.2, -0.15) is 0 Å². The second-order valence-electron chi connectivity index (χ2n) is 10.2. The van der Waals surface area contributed by atoms with Crippen molar-refractivity contribution in [2.45, 2.75) is 136 Å². The van der Waals surface area contributed by atoms with Crippen LogP contribution in [-0.2, 0) is 0 Å². The summed E-state index contributed by atoms with van der Waals surface area (Å²) in [7, 11) is -1.70. The van der Waals surface area contributed by atoms with E-state index in [1.807, 2.05) is 0 Å². The summed E-state index contributed by atoms with van der Waals surface area (Å²) in [6.45, 7) is 17.2. The van der Waals surface area contributed by atoms with E-state index in [1.54, 1.807) is 21.5 Å². The molecule has 0 spiro atoms. The Labute approximate surface area is 186 Å². The zero-order chi connectivity index (χ0) is 21.7. The maximum atomic E-state index is 2.61. The van der Waals surface area contributed by atoms with Crippen molar-refractivity contribution in [1.82, 2.24) is 0 Å². The molecule has 167 valence electrons. The first-order valence-electron chi connectivity index (χ1n) is 12.8. The minimum absolute atomic E-state index is 0.387. The quantitative estimate of drug-likeness (QED) is 0.182. The predicted octanol–water partition coefficient (Wildman–Crippen LogP) is 8.27. The van der Waals surface area contributed by atoms with E-state index in [0.717, 1.165) is 0 Å². The topological polar surface area (TPSA) is 0 Å². The van der Waals surface area contributed by atoms with E-state index in [2.05, 4.69) is 59.5 Å². The molecule has 1 aromatic carbocycles. The summed E-state index contributed by atoms with van der Waals surface area (Å²) >= 11 is 0. The van der Waals surface area contributed by atoms with Crippen molar-refractivity contribution in [3.05, 3.63) is 23.3 Å². The lowest BCUT2D eigenvalue weighted by atomic mass is 10.1. The van der Waals surface area contributed by atoms with Gasteiger partial charge in [-0.1, -0.05) is 156 Å². The lowest BCUT2D eigenvalue weighted by Gasteiger charge is -2.27. The molecule has 2 heteroatoms. The highest BCUT2D eigenvalue weighted by Crippen LogP contribution is 2.19. The highest BCUT2D eigenvalue weighted by atomic mass is 28.3. The van der Waals surface area contributed by atoms with Gasteiger partial charge in [-0.25, -0.2) is 0 Å². The van der Waals surface area contributed by atoms with Crippen molar-refractivity contribution >= 4 is 27.2 Å². The van der Waals surface area contributed by atoms with Gasteiger partial charge < -0.3 is 0 Å². The minimum Gasteiger partial charge on any atom is -0.0669 e. The Hall–Kier alpha value is -0.346. The van der Waals surface area contributed by atoms with Gasteiger partial charge in [-0.15, -0.1) is 0 Å². The van der Waals surface area contributed by atoms with Gasteiger partial charge in [0.1, 0.15) is 0 Å². The van der Waals surface area contributed by atoms with Gasteiger partial charge in [0.2, 0.25) is 0 Å². The third-order valence-corrected chi connectivity index (χ3v) is 13.0. The first-order chi connectivity index (χ1) is 13.8. The normalized spacial score (nSPS) is 12.1. The van der Waals surface area contributed by atoms with Crippen LogP contribution >= 0.6 is 0 Å². The number of hydrogen-bond acceptors (Lipinski definition) is 0. The Kier molecular flexibility index (Phi) is 13.5. The molecule has 0 aliphatic heterocycles. The Bertz CT molecular complexity index is 562. The van der Waals surface area contributed by atoms with Gasteiger partial charge in [0.25, 0.3) is 0 Å². The van der Waals surface area contributed by atoms with E-state index < -0.39 is 8.07 Å². The highest BCUT2D eigenvalue weighted by molar-refractivity contribution is 6.90. The van der Waals surface area contributed by atoms with Crippen molar-refractivity contribution in [3.8, 4) is 0 Å². The molecule has 1 rings (SSSR count). The third kappa shape index (κ3) is 10.0. The molecule has 0 bridgehead atoms. The first-order valence-corrected chi connectivity index (χ1v) is 18.2. The van der Waals surface area contributed by atoms with Crippen LogP contribution in [-0.4, -0.2) is 16.9 Å². The van der Waals surface area contributed by atoms with E-state index in [4.69, 9.17) is 0 Å². The van der Waals surface area contributed by atoms with Crippen LogP contribution in [0.1, 0.15) is 102 Å². The monoisotopic (exact) mass is 431 g/mol. The molecule has 0 heterocycles. The van der Waals surface area contributed by atoms with Crippen molar-refractivity contribution < 1.29 is 0 Å². The van der Waals surface area contributed by atoms with E-state index in [1.165, 1.54) is 89.1 Å². The predicted molar refractivity (Wildman–Crippen MR) is 141 cm³/mol. The van der Waals surface area contributed by atoms with E-state index in [-0.39, 0.29) is 8.80 Å². The van der Waals surface area contributed by atoms with Gasteiger partial charge in [0.05, 0.1) is 16.9 Å². The summed E-state index contributed by atoms with van der Waals surface area (Å²) in [6.07, 6.45) is 17.0. The summed E-state index contributed by atoms with van der Waals surface area (Å²) in [5.41, 5.74) is 3.19. The summed E-state index contributed by atoms with van der Waals surface area (Å²) in [5, 5.41) is 3.45. The van der Waals surface area contributed by atoms with Crippen molar-refractivity contribution in [3.63, 3.8) is 0 Å². The molecule has 0 fully saturated rings. The van der Waals surface area contributed by atoms with Gasteiger partial charge in [-0.05, 0) is 13.8 Å².